The van der Waals surface area contributed by atoms with E-state index in [0.717, 1.165) is 13.2 Å². The average molecular weight is 393 g/mol. The number of carbonyl (C=O) groups excluding carboxylic acids is 1. The van der Waals surface area contributed by atoms with Crippen LogP contribution in [0.25, 0.3) is 0 Å². The molecule has 0 aliphatic heterocycles. The van der Waals surface area contributed by atoms with Crippen molar-refractivity contribution in [1.82, 2.24) is 4.98 Å². The van der Waals surface area contributed by atoms with Crippen molar-refractivity contribution in [3.63, 3.8) is 0 Å². The molecular weight excluding hydrogens is 380 g/mol. The van der Waals surface area contributed by atoms with Crippen LogP contribution >= 0.6 is 0 Å². The van der Waals surface area contributed by atoms with Crippen molar-refractivity contribution in [3.8, 4) is 0 Å². The lowest BCUT2D eigenvalue weighted by Crippen LogP contribution is -2.14. The van der Waals surface area contributed by atoms with Gasteiger partial charge in [0.2, 0.25) is 0 Å². The molecule has 0 aliphatic rings. The summed E-state index contributed by atoms with van der Waals surface area (Å²) in [4.78, 5) is 15.3. The Morgan fingerprint density at radius 3 is 2.30 bits per heavy atom. The van der Waals surface area contributed by atoms with E-state index < -0.39 is 41.6 Å². The zero-order valence-corrected chi connectivity index (χ0v) is 13.8. The number of benzene rings is 1. The number of methoxy groups -OCH3 is 1. The Labute approximate surface area is 149 Å². The van der Waals surface area contributed by atoms with Gasteiger partial charge in [-0.1, -0.05) is 12.1 Å². The number of ether oxygens (including phenoxy) is 2. The second kappa shape index (κ2) is 7.95. The number of alkyl halides is 6. The number of carbonyl (C=O) groups is 1. The third-order valence-electron chi connectivity index (χ3n) is 3.45. The van der Waals surface area contributed by atoms with Crippen molar-refractivity contribution in [1.29, 1.82) is 0 Å². The van der Waals surface area contributed by atoms with Crippen molar-refractivity contribution in [2.75, 3.05) is 7.11 Å². The Balaban J connectivity index is 2.15. The molecule has 0 saturated heterocycles. The van der Waals surface area contributed by atoms with E-state index in [9.17, 15) is 31.1 Å². The fourth-order valence-electron chi connectivity index (χ4n) is 2.19. The van der Waals surface area contributed by atoms with Gasteiger partial charge >= 0.3 is 18.3 Å². The number of nitrogens with zero attached hydrogens (tertiary/aromatic N) is 1. The third-order valence-corrected chi connectivity index (χ3v) is 3.45. The molecule has 0 fully saturated rings. The minimum absolute atomic E-state index is 0.0101. The fraction of sp³-hybridized carbons (Fsp3) is 0.294. The number of pyridine rings is 1. The van der Waals surface area contributed by atoms with Gasteiger partial charge in [-0.2, -0.15) is 26.3 Å². The van der Waals surface area contributed by atoms with E-state index in [1.807, 2.05) is 0 Å². The normalized spacial score (nSPS) is 12.1. The Morgan fingerprint density at radius 1 is 1.00 bits per heavy atom. The van der Waals surface area contributed by atoms with Gasteiger partial charge in [-0.15, -0.1) is 0 Å². The van der Waals surface area contributed by atoms with Gasteiger partial charge in [-0.25, -0.2) is 9.78 Å². The molecule has 10 heteroatoms. The highest BCUT2D eigenvalue weighted by Gasteiger charge is 2.38. The van der Waals surface area contributed by atoms with Gasteiger partial charge in [0.05, 0.1) is 37.1 Å². The Bertz CT molecular complexity index is 817. The van der Waals surface area contributed by atoms with Crippen molar-refractivity contribution in [2.45, 2.75) is 25.6 Å². The summed E-state index contributed by atoms with van der Waals surface area (Å²) in [6, 6.07) is 5.68. The smallest absolute Gasteiger partial charge is 0.416 e. The van der Waals surface area contributed by atoms with Crippen molar-refractivity contribution >= 4 is 5.97 Å². The quantitative estimate of drug-likeness (QED) is 0.549. The summed E-state index contributed by atoms with van der Waals surface area (Å²) in [6.07, 6.45) is -9.86. The lowest BCUT2D eigenvalue weighted by Gasteiger charge is -2.16. The summed E-state index contributed by atoms with van der Waals surface area (Å²) >= 11 is 0. The molecule has 2 aromatic rings. The highest BCUT2D eigenvalue weighted by atomic mass is 19.4. The molecule has 0 amide bonds. The lowest BCUT2D eigenvalue weighted by molar-refractivity contribution is -0.143. The van der Waals surface area contributed by atoms with Gasteiger partial charge in [0, 0.05) is 0 Å². The Morgan fingerprint density at radius 2 is 1.70 bits per heavy atom. The van der Waals surface area contributed by atoms with E-state index in [1.54, 1.807) is 0 Å². The Kier molecular flexibility index (Phi) is 6.09. The number of halogens is 6. The van der Waals surface area contributed by atoms with Crippen LogP contribution in [-0.4, -0.2) is 18.1 Å². The maximum absolute atomic E-state index is 13.1. The van der Waals surface area contributed by atoms with Gasteiger partial charge < -0.3 is 9.47 Å². The number of hydrogen-bond donors (Lipinski definition) is 0. The largest absolute Gasteiger partial charge is 0.464 e. The monoisotopic (exact) mass is 393 g/mol. The second-order valence-corrected chi connectivity index (χ2v) is 5.37. The predicted octanol–water partition coefficient (Wildman–Crippen LogP) is 4.62. The lowest BCUT2D eigenvalue weighted by atomic mass is 10.0. The van der Waals surface area contributed by atoms with Gasteiger partial charge in [-0.3, -0.25) is 0 Å². The highest BCUT2D eigenvalue weighted by Crippen LogP contribution is 2.37. The minimum atomic E-state index is -4.97. The number of rotatable bonds is 5. The summed E-state index contributed by atoms with van der Waals surface area (Å²) in [6.45, 7) is -0.833. The van der Waals surface area contributed by atoms with Gasteiger partial charge in [-0.05, 0) is 29.8 Å². The molecule has 0 bridgehead atoms. The van der Waals surface area contributed by atoms with Crippen molar-refractivity contribution in [2.24, 2.45) is 0 Å². The van der Waals surface area contributed by atoms with E-state index in [-0.39, 0.29) is 24.1 Å². The van der Waals surface area contributed by atoms with E-state index in [2.05, 4.69) is 9.72 Å². The first-order valence-corrected chi connectivity index (χ1v) is 7.41. The molecule has 27 heavy (non-hydrogen) atoms. The van der Waals surface area contributed by atoms with Crippen molar-refractivity contribution in [3.05, 3.63) is 64.5 Å². The van der Waals surface area contributed by atoms with Crippen LogP contribution in [0.5, 0.6) is 0 Å². The predicted molar refractivity (Wildman–Crippen MR) is 80.5 cm³/mol. The maximum atomic E-state index is 13.1. The third kappa shape index (κ3) is 5.43. The van der Waals surface area contributed by atoms with Crippen LogP contribution in [0.1, 0.15) is 32.9 Å². The van der Waals surface area contributed by atoms with E-state index in [1.165, 1.54) is 18.2 Å². The molecule has 146 valence electrons. The summed E-state index contributed by atoms with van der Waals surface area (Å²) in [7, 11) is 1.16. The van der Waals surface area contributed by atoms with Gasteiger partial charge in [0.1, 0.15) is 5.69 Å². The molecular formula is C17H13F6NO3. The molecule has 0 spiro atoms. The molecule has 1 aromatic carbocycles. The van der Waals surface area contributed by atoms with Gasteiger partial charge in [0.15, 0.2) is 0 Å². The van der Waals surface area contributed by atoms with Gasteiger partial charge in [0.25, 0.3) is 0 Å². The molecule has 2 rings (SSSR count). The molecule has 0 radical (unpaired) electrons. The molecule has 0 unspecified atom stereocenters. The maximum Gasteiger partial charge on any atom is 0.416 e. The van der Waals surface area contributed by atoms with Crippen LogP contribution < -0.4 is 0 Å². The summed E-state index contributed by atoms with van der Waals surface area (Å²) < 4.78 is 86.8. The molecule has 0 saturated carbocycles. The number of esters is 1. The second-order valence-electron chi connectivity index (χ2n) is 5.37. The highest BCUT2D eigenvalue weighted by molar-refractivity contribution is 5.87. The summed E-state index contributed by atoms with van der Waals surface area (Å²) in [5, 5.41) is 0. The minimum Gasteiger partial charge on any atom is -0.464 e. The zero-order chi connectivity index (χ0) is 20.2. The summed E-state index contributed by atoms with van der Waals surface area (Å²) in [5.41, 5.74) is -3.03. The van der Waals surface area contributed by atoms with Crippen molar-refractivity contribution < 1.29 is 40.6 Å². The van der Waals surface area contributed by atoms with Crippen LogP contribution in [0.4, 0.5) is 26.3 Å². The molecule has 0 N–H and O–H groups in total. The average Bonchev–Trinajstić information content (AvgIpc) is 2.59. The topological polar surface area (TPSA) is 48.4 Å². The van der Waals surface area contributed by atoms with E-state index in [4.69, 9.17) is 4.74 Å². The van der Waals surface area contributed by atoms with Crippen LogP contribution in [0, 0.1) is 0 Å². The van der Waals surface area contributed by atoms with E-state index >= 15 is 0 Å². The van der Waals surface area contributed by atoms with Crippen LogP contribution in [0.3, 0.4) is 0 Å². The fourth-order valence-corrected chi connectivity index (χ4v) is 2.19. The number of hydrogen-bond acceptors (Lipinski definition) is 4. The molecule has 1 heterocycles. The first-order valence-electron chi connectivity index (χ1n) is 7.41. The summed E-state index contributed by atoms with van der Waals surface area (Å²) in [5.74, 6) is -0.695. The van der Waals surface area contributed by atoms with E-state index in [0.29, 0.717) is 6.07 Å². The standard InChI is InChI=1S/C17H13F6NO3/c1-26-15(25)14-4-2-3-12(24-14)9-27-8-10-5-6-11(16(18,19)20)7-13(10)17(21,22)23/h2-7H,8-9H2,1H3. The molecule has 4 nitrogen and oxygen atoms in total. The molecule has 0 aliphatic carbocycles. The van der Waals surface area contributed by atoms with Crippen LogP contribution in [-0.2, 0) is 35.0 Å². The van der Waals surface area contributed by atoms with Crippen LogP contribution in [0.15, 0.2) is 36.4 Å². The van der Waals surface area contributed by atoms with Crippen LogP contribution in [0.2, 0.25) is 0 Å². The first-order chi connectivity index (χ1) is 12.5. The first kappa shape index (κ1) is 20.7. The molecule has 0 atom stereocenters. The Hall–Kier alpha value is -2.62. The zero-order valence-electron chi connectivity index (χ0n) is 13.8. The SMILES string of the molecule is COC(=O)c1cccc(COCc2ccc(C(F)(F)F)cc2C(F)(F)F)n1. The number of aromatic nitrogens is 1. The molecule has 1 aromatic heterocycles.